The number of hydrogen-bond donors (Lipinski definition) is 2. The molecule has 0 saturated carbocycles. The van der Waals surface area contributed by atoms with Crippen LogP contribution in [0.4, 0.5) is 4.39 Å². The number of imide groups is 1. The predicted molar refractivity (Wildman–Crippen MR) is 53.6 cm³/mol. The van der Waals surface area contributed by atoms with Gasteiger partial charge in [0.1, 0.15) is 0 Å². The maximum absolute atomic E-state index is 12.5. The predicted octanol–water partition coefficient (Wildman–Crippen LogP) is 0.643. The minimum Gasteiger partial charge on any atom is -0.303 e. The molecular weight excluding hydrogens is 199 g/mol. The molecule has 0 aromatic heterocycles. The van der Waals surface area contributed by atoms with E-state index in [1.54, 1.807) is 6.92 Å². The Hall–Kier alpha value is -1.23. The van der Waals surface area contributed by atoms with E-state index in [1.165, 1.54) is 0 Å². The van der Waals surface area contributed by atoms with Crippen molar-refractivity contribution in [2.45, 2.75) is 38.3 Å². The first-order chi connectivity index (χ1) is 6.99. The van der Waals surface area contributed by atoms with Crippen LogP contribution >= 0.6 is 0 Å². The Kier molecular flexibility index (Phi) is 3.96. The van der Waals surface area contributed by atoms with Crippen molar-refractivity contribution < 1.29 is 14.0 Å². The van der Waals surface area contributed by atoms with E-state index >= 15 is 0 Å². The molecule has 5 heteroatoms. The van der Waals surface area contributed by atoms with Crippen molar-refractivity contribution in [3.8, 4) is 0 Å². The highest BCUT2D eigenvalue weighted by atomic mass is 19.1. The average Bonchev–Trinajstić information content (AvgIpc) is 2.08. The molecule has 0 aromatic rings. The van der Waals surface area contributed by atoms with Crippen LogP contribution in [0.1, 0.15) is 26.2 Å². The first-order valence-electron chi connectivity index (χ1n) is 4.92. The number of piperidine rings is 1. The topological polar surface area (TPSA) is 58.2 Å². The van der Waals surface area contributed by atoms with Crippen molar-refractivity contribution in [1.82, 2.24) is 10.6 Å². The Morgan fingerprint density at radius 1 is 1.73 bits per heavy atom. The molecule has 1 saturated heterocycles. The molecule has 2 amide bonds. The summed E-state index contributed by atoms with van der Waals surface area (Å²) in [7, 11) is 0. The Morgan fingerprint density at radius 3 is 2.93 bits per heavy atom. The molecule has 1 fully saturated rings. The summed E-state index contributed by atoms with van der Waals surface area (Å²) in [5.41, 5.74) is 0. The van der Waals surface area contributed by atoms with Gasteiger partial charge in [-0.1, -0.05) is 6.58 Å². The van der Waals surface area contributed by atoms with Crippen LogP contribution in [-0.4, -0.2) is 23.9 Å². The lowest BCUT2D eigenvalue weighted by Gasteiger charge is -2.25. The third-order valence-electron chi connectivity index (χ3n) is 2.25. The molecule has 1 aliphatic rings. The molecule has 1 heterocycles. The van der Waals surface area contributed by atoms with Gasteiger partial charge < -0.3 is 5.32 Å². The number of halogens is 1. The SMILES string of the molecule is C=C(F)CC(C)NC1CCC(=O)NC1=O. The summed E-state index contributed by atoms with van der Waals surface area (Å²) in [4.78, 5) is 22.2. The van der Waals surface area contributed by atoms with Gasteiger partial charge in [0.15, 0.2) is 0 Å². The van der Waals surface area contributed by atoms with E-state index in [2.05, 4.69) is 17.2 Å². The molecule has 0 aliphatic carbocycles. The average molecular weight is 214 g/mol. The molecule has 84 valence electrons. The van der Waals surface area contributed by atoms with Gasteiger partial charge in [-0.2, -0.15) is 0 Å². The molecule has 4 nitrogen and oxygen atoms in total. The van der Waals surface area contributed by atoms with E-state index in [-0.39, 0.29) is 24.3 Å². The quantitative estimate of drug-likeness (QED) is 0.675. The van der Waals surface area contributed by atoms with E-state index < -0.39 is 11.9 Å². The zero-order chi connectivity index (χ0) is 11.4. The molecule has 15 heavy (non-hydrogen) atoms. The second kappa shape index (κ2) is 5.02. The van der Waals surface area contributed by atoms with Gasteiger partial charge >= 0.3 is 0 Å². The summed E-state index contributed by atoms with van der Waals surface area (Å²) in [5, 5.41) is 5.19. The normalized spacial score (nSPS) is 23.5. The fourth-order valence-corrected chi connectivity index (χ4v) is 1.59. The van der Waals surface area contributed by atoms with Crippen molar-refractivity contribution in [3.63, 3.8) is 0 Å². The number of amides is 2. The summed E-state index contributed by atoms with van der Waals surface area (Å²) >= 11 is 0. The number of carbonyl (C=O) groups is 2. The van der Waals surface area contributed by atoms with Crippen molar-refractivity contribution in [2.75, 3.05) is 0 Å². The molecule has 0 radical (unpaired) electrons. The van der Waals surface area contributed by atoms with Crippen LogP contribution in [0.3, 0.4) is 0 Å². The van der Waals surface area contributed by atoms with Gasteiger partial charge in [0.25, 0.3) is 0 Å². The molecule has 2 atom stereocenters. The van der Waals surface area contributed by atoms with Crippen molar-refractivity contribution in [2.24, 2.45) is 0 Å². The minimum absolute atomic E-state index is 0.161. The molecule has 0 bridgehead atoms. The number of rotatable bonds is 4. The standard InChI is InChI=1S/C10H15FN2O2/c1-6(11)5-7(2)12-8-3-4-9(14)13-10(8)15/h7-8,12H,1,3-5H2,2H3,(H,13,14,15). The number of hydrogen-bond acceptors (Lipinski definition) is 3. The fourth-order valence-electron chi connectivity index (χ4n) is 1.59. The highest BCUT2D eigenvalue weighted by molar-refractivity contribution is 6.00. The van der Waals surface area contributed by atoms with Crippen LogP contribution in [0, 0.1) is 0 Å². The molecule has 2 N–H and O–H groups in total. The van der Waals surface area contributed by atoms with Crippen LogP contribution in [0.5, 0.6) is 0 Å². The summed E-state index contributed by atoms with van der Waals surface area (Å²) in [5.74, 6) is -0.995. The second-order valence-electron chi connectivity index (χ2n) is 3.79. The molecule has 1 rings (SSSR count). The van der Waals surface area contributed by atoms with Crippen LogP contribution < -0.4 is 10.6 Å². The summed E-state index contributed by atoms with van der Waals surface area (Å²) in [6.45, 7) is 4.93. The number of nitrogens with one attached hydrogen (secondary N) is 2. The van der Waals surface area contributed by atoms with Gasteiger partial charge in [0.2, 0.25) is 11.8 Å². The molecule has 0 aromatic carbocycles. The Balaban J connectivity index is 2.41. The summed E-state index contributed by atoms with van der Waals surface area (Å²) < 4.78 is 12.5. The van der Waals surface area contributed by atoms with Crippen LogP contribution in [0.15, 0.2) is 12.4 Å². The van der Waals surface area contributed by atoms with Crippen LogP contribution in [0.25, 0.3) is 0 Å². The van der Waals surface area contributed by atoms with Gasteiger partial charge in [-0.3, -0.25) is 14.9 Å². The van der Waals surface area contributed by atoms with Crippen molar-refractivity contribution >= 4 is 11.8 Å². The van der Waals surface area contributed by atoms with Gasteiger partial charge in [-0.25, -0.2) is 4.39 Å². The van der Waals surface area contributed by atoms with Gasteiger partial charge in [0.05, 0.1) is 11.9 Å². The largest absolute Gasteiger partial charge is 0.303 e. The first-order valence-corrected chi connectivity index (χ1v) is 4.92. The van der Waals surface area contributed by atoms with Gasteiger partial charge in [-0.05, 0) is 13.3 Å². The van der Waals surface area contributed by atoms with Gasteiger partial charge in [-0.15, -0.1) is 0 Å². The fraction of sp³-hybridized carbons (Fsp3) is 0.600. The Morgan fingerprint density at radius 2 is 2.40 bits per heavy atom. The first kappa shape index (κ1) is 11.8. The highest BCUT2D eigenvalue weighted by Crippen LogP contribution is 2.09. The van der Waals surface area contributed by atoms with E-state index in [4.69, 9.17) is 0 Å². The third-order valence-corrected chi connectivity index (χ3v) is 2.25. The Bertz CT molecular complexity index is 291. The minimum atomic E-state index is -0.415. The van der Waals surface area contributed by atoms with E-state index in [0.717, 1.165) is 0 Å². The molecular formula is C10H15FN2O2. The second-order valence-corrected chi connectivity index (χ2v) is 3.79. The Labute approximate surface area is 87.9 Å². The molecule has 1 aliphatic heterocycles. The highest BCUT2D eigenvalue weighted by Gasteiger charge is 2.27. The van der Waals surface area contributed by atoms with Crippen LogP contribution in [-0.2, 0) is 9.59 Å². The van der Waals surface area contributed by atoms with Gasteiger partial charge in [0, 0.05) is 18.9 Å². The maximum atomic E-state index is 12.5. The maximum Gasteiger partial charge on any atom is 0.243 e. The molecule has 0 spiro atoms. The van der Waals surface area contributed by atoms with E-state index in [1.807, 2.05) is 0 Å². The van der Waals surface area contributed by atoms with Crippen LogP contribution in [0.2, 0.25) is 0 Å². The zero-order valence-corrected chi connectivity index (χ0v) is 8.68. The van der Waals surface area contributed by atoms with Crippen molar-refractivity contribution in [3.05, 3.63) is 12.4 Å². The lowest BCUT2D eigenvalue weighted by atomic mass is 10.0. The summed E-state index contributed by atoms with van der Waals surface area (Å²) in [6, 6.07) is -0.566. The monoisotopic (exact) mass is 214 g/mol. The lowest BCUT2D eigenvalue weighted by molar-refractivity contribution is -0.134. The van der Waals surface area contributed by atoms with Crippen molar-refractivity contribution in [1.29, 1.82) is 0 Å². The van der Waals surface area contributed by atoms with E-state index in [0.29, 0.717) is 12.8 Å². The zero-order valence-electron chi connectivity index (χ0n) is 8.68. The number of carbonyl (C=O) groups excluding carboxylic acids is 2. The smallest absolute Gasteiger partial charge is 0.243 e. The van der Waals surface area contributed by atoms with E-state index in [9.17, 15) is 14.0 Å². The summed E-state index contributed by atoms with van der Waals surface area (Å²) in [6.07, 6.45) is 0.970. The molecule has 2 unspecified atom stereocenters. The third kappa shape index (κ3) is 3.79. The lowest BCUT2D eigenvalue weighted by Crippen LogP contribution is -2.52.